The molecule has 0 bridgehead atoms. The van der Waals surface area contributed by atoms with E-state index in [2.05, 4.69) is 31.0 Å². The van der Waals surface area contributed by atoms with Gasteiger partial charge < -0.3 is 24.6 Å². The third kappa shape index (κ3) is 5.01. The molecule has 2 saturated heterocycles. The maximum Gasteiger partial charge on any atom is 0.235 e. The number of benzene rings is 1. The lowest BCUT2D eigenvalue weighted by Crippen LogP contribution is -2.40. The number of morpholine rings is 2. The maximum atomic E-state index is 11.7. The SMILES string of the molecule is O=C(CBr)Nc1cccc(-c2nc(N3CCOCC3)nc(N3CCOCC3)n2)c1. The fourth-order valence-electron chi connectivity index (χ4n) is 3.22. The van der Waals surface area contributed by atoms with Crippen LogP contribution < -0.4 is 15.1 Å². The molecule has 0 atom stereocenters. The third-order valence-electron chi connectivity index (χ3n) is 4.73. The fraction of sp³-hybridized carbons (Fsp3) is 0.474. The molecule has 2 aromatic rings. The van der Waals surface area contributed by atoms with Crippen LogP contribution in [0.15, 0.2) is 24.3 Å². The number of carbonyl (C=O) groups excluding carboxylic acids is 1. The first-order valence-corrected chi connectivity index (χ1v) is 10.7. The lowest BCUT2D eigenvalue weighted by molar-refractivity contribution is -0.113. The number of hydrogen-bond acceptors (Lipinski definition) is 8. The molecule has 2 fully saturated rings. The Kier molecular flexibility index (Phi) is 6.53. The summed E-state index contributed by atoms with van der Waals surface area (Å²) in [6.45, 7) is 5.59. The third-order valence-corrected chi connectivity index (χ3v) is 5.23. The van der Waals surface area contributed by atoms with Crippen LogP contribution in [-0.2, 0) is 14.3 Å². The van der Waals surface area contributed by atoms with Gasteiger partial charge in [-0.1, -0.05) is 28.1 Å². The molecule has 1 N–H and O–H groups in total. The lowest BCUT2D eigenvalue weighted by atomic mass is 10.2. The van der Waals surface area contributed by atoms with Crippen LogP contribution in [0.2, 0.25) is 0 Å². The Hall–Kier alpha value is -2.30. The van der Waals surface area contributed by atoms with Gasteiger partial charge in [0, 0.05) is 37.4 Å². The zero-order valence-electron chi connectivity index (χ0n) is 16.0. The molecule has 0 saturated carbocycles. The molecule has 29 heavy (non-hydrogen) atoms. The van der Waals surface area contributed by atoms with Gasteiger partial charge in [-0.05, 0) is 12.1 Å². The van der Waals surface area contributed by atoms with Crippen LogP contribution in [0.1, 0.15) is 0 Å². The van der Waals surface area contributed by atoms with Crippen LogP contribution in [0.4, 0.5) is 17.6 Å². The Bertz CT molecular complexity index is 819. The van der Waals surface area contributed by atoms with Crippen LogP contribution >= 0.6 is 15.9 Å². The second-order valence-corrected chi connectivity index (χ2v) is 7.28. The zero-order chi connectivity index (χ0) is 20.1. The van der Waals surface area contributed by atoms with Gasteiger partial charge in [0.15, 0.2) is 5.82 Å². The van der Waals surface area contributed by atoms with Crippen molar-refractivity contribution in [3.8, 4) is 11.4 Å². The van der Waals surface area contributed by atoms with Crippen LogP contribution in [0.25, 0.3) is 11.4 Å². The van der Waals surface area contributed by atoms with Crippen molar-refractivity contribution < 1.29 is 14.3 Å². The van der Waals surface area contributed by atoms with Crippen LogP contribution in [0.5, 0.6) is 0 Å². The highest BCUT2D eigenvalue weighted by Crippen LogP contribution is 2.24. The molecule has 0 radical (unpaired) electrons. The summed E-state index contributed by atoms with van der Waals surface area (Å²) in [7, 11) is 0. The summed E-state index contributed by atoms with van der Waals surface area (Å²) in [5, 5.41) is 3.09. The molecule has 1 aromatic carbocycles. The molecule has 4 rings (SSSR count). The molecule has 10 heteroatoms. The first-order chi connectivity index (χ1) is 14.2. The fourth-order valence-corrected chi connectivity index (χ4v) is 3.36. The molecule has 154 valence electrons. The quantitative estimate of drug-likeness (QED) is 0.668. The highest BCUT2D eigenvalue weighted by Gasteiger charge is 2.21. The van der Waals surface area contributed by atoms with E-state index in [-0.39, 0.29) is 11.2 Å². The lowest BCUT2D eigenvalue weighted by Gasteiger charge is -2.30. The average molecular weight is 463 g/mol. The Labute approximate surface area is 177 Å². The van der Waals surface area contributed by atoms with Gasteiger partial charge in [-0.25, -0.2) is 0 Å². The van der Waals surface area contributed by atoms with Crippen molar-refractivity contribution in [2.75, 3.05) is 73.1 Å². The Balaban J connectivity index is 1.69. The van der Waals surface area contributed by atoms with Crippen molar-refractivity contribution in [2.45, 2.75) is 0 Å². The molecular formula is C19H23BrN6O3. The van der Waals surface area contributed by atoms with Gasteiger partial charge in [0.25, 0.3) is 0 Å². The molecule has 3 heterocycles. The Morgan fingerprint density at radius 1 is 0.966 bits per heavy atom. The van der Waals surface area contributed by atoms with E-state index in [0.717, 1.165) is 31.7 Å². The van der Waals surface area contributed by atoms with E-state index < -0.39 is 0 Å². The van der Waals surface area contributed by atoms with E-state index in [4.69, 9.17) is 24.4 Å². The first-order valence-electron chi connectivity index (χ1n) is 9.60. The molecule has 1 amide bonds. The highest BCUT2D eigenvalue weighted by atomic mass is 79.9. The topological polar surface area (TPSA) is 92.7 Å². The predicted octanol–water partition coefficient (Wildman–Crippen LogP) is 1.55. The summed E-state index contributed by atoms with van der Waals surface area (Å²) in [6.07, 6.45) is 0. The van der Waals surface area contributed by atoms with Gasteiger partial charge in [-0.15, -0.1) is 0 Å². The van der Waals surface area contributed by atoms with Crippen LogP contribution in [-0.4, -0.2) is 78.8 Å². The Morgan fingerprint density at radius 3 is 2.10 bits per heavy atom. The molecule has 0 spiro atoms. The van der Waals surface area contributed by atoms with Crippen molar-refractivity contribution in [3.63, 3.8) is 0 Å². The molecular weight excluding hydrogens is 440 g/mol. The van der Waals surface area contributed by atoms with E-state index in [1.165, 1.54) is 0 Å². The first kappa shape index (κ1) is 20.0. The molecule has 0 unspecified atom stereocenters. The number of carbonyl (C=O) groups is 1. The number of nitrogens with zero attached hydrogens (tertiary/aromatic N) is 5. The van der Waals surface area contributed by atoms with Crippen molar-refractivity contribution in [2.24, 2.45) is 0 Å². The zero-order valence-corrected chi connectivity index (χ0v) is 17.6. The normalized spacial score (nSPS) is 17.3. The standard InChI is InChI=1S/C19H23BrN6O3/c20-13-16(27)21-15-3-1-2-14(12-15)17-22-18(25-4-8-28-9-5-25)24-19(23-17)26-6-10-29-11-7-26/h1-3,12H,4-11,13H2,(H,21,27). The number of alkyl halides is 1. The van der Waals surface area contributed by atoms with E-state index in [1.807, 2.05) is 24.3 Å². The van der Waals surface area contributed by atoms with Gasteiger partial charge in [0.2, 0.25) is 17.8 Å². The summed E-state index contributed by atoms with van der Waals surface area (Å²) in [4.78, 5) is 30.1. The number of halogens is 1. The van der Waals surface area contributed by atoms with E-state index in [0.29, 0.717) is 49.8 Å². The number of aromatic nitrogens is 3. The van der Waals surface area contributed by atoms with E-state index in [1.54, 1.807) is 0 Å². The van der Waals surface area contributed by atoms with Crippen molar-refractivity contribution in [1.82, 2.24) is 15.0 Å². The summed E-state index contributed by atoms with van der Waals surface area (Å²) in [6, 6.07) is 7.54. The number of amides is 1. The molecule has 2 aliphatic rings. The number of rotatable bonds is 5. The summed E-state index contributed by atoms with van der Waals surface area (Å²) >= 11 is 3.17. The number of anilines is 3. The summed E-state index contributed by atoms with van der Waals surface area (Å²) in [5.74, 6) is 1.77. The van der Waals surface area contributed by atoms with Gasteiger partial charge in [0.1, 0.15) is 0 Å². The van der Waals surface area contributed by atoms with Gasteiger partial charge in [-0.2, -0.15) is 15.0 Å². The van der Waals surface area contributed by atoms with Crippen molar-refractivity contribution in [3.05, 3.63) is 24.3 Å². The van der Waals surface area contributed by atoms with E-state index in [9.17, 15) is 4.79 Å². The summed E-state index contributed by atoms with van der Waals surface area (Å²) < 4.78 is 10.9. The minimum atomic E-state index is -0.110. The molecule has 2 aliphatic heterocycles. The van der Waals surface area contributed by atoms with E-state index >= 15 is 0 Å². The van der Waals surface area contributed by atoms with Crippen molar-refractivity contribution in [1.29, 1.82) is 0 Å². The smallest absolute Gasteiger partial charge is 0.235 e. The van der Waals surface area contributed by atoms with Gasteiger partial charge >= 0.3 is 0 Å². The van der Waals surface area contributed by atoms with Crippen LogP contribution in [0, 0.1) is 0 Å². The number of ether oxygens (including phenoxy) is 2. The number of nitrogens with one attached hydrogen (secondary N) is 1. The predicted molar refractivity (Wildman–Crippen MR) is 114 cm³/mol. The van der Waals surface area contributed by atoms with Gasteiger partial charge in [-0.3, -0.25) is 4.79 Å². The van der Waals surface area contributed by atoms with Gasteiger partial charge in [0.05, 0.1) is 31.8 Å². The minimum absolute atomic E-state index is 0.110. The monoisotopic (exact) mass is 462 g/mol. The second-order valence-electron chi connectivity index (χ2n) is 6.72. The molecule has 1 aromatic heterocycles. The van der Waals surface area contributed by atoms with Crippen LogP contribution in [0.3, 0.4) is 0 Å². The average Bonchev–Trinajstić information content (AvgIpc) is 2.80. The molecule has 0 aliphatic carbocycles. The molecule has 9 nitrogen and oxygen atoms in total. The highest BCUT2D eigenvalue weighted by molar-refractivity contribution is 9.09. The van der Waals surface area contributed by atoms with Crippen molar-refractivity contribution >= 4 is 39.4 Å². The maximum absolute atomic E-state index is 11.7. The summed E-state index contributed by atoms with van der Waals surface area (Å²) in [5.41, 5.74) is 1.52. The number of hydrogen-bond donors (Lipinski definition) is 1. The Morgan fingerprint density at radius 2 is 1.55 bits per heavy atom. The minimum Gasteiger partial charge on any atom is -0.378 e. The second kappa shape index (κ2) is 9.47. The largest absolute Gasteiger partial charge is 0.378 e.